The molecule has 1 saturated heterocycles. The van der Waals surface area contributed by atoms with Crippen LogP contribution in [0, 0.1) is 19.8 Å². The van der Waals surface area contributed by atoms with Gasteiger partial charge in [-0.3, -0.25) is 9.59 Å². The first-order valence-corrected chi connectivity index (χ1v) is 8.52. The molecule has 1 atom stereocenters. The second kappa shape index (κ2) is 8.46. The van der Waals surface area contributed by atoms with Crippen molar-refractivity contribution in [2.24, 2.45) is 11.7 Å². The first-order chi connectivity index (χ1) is 12.0. The van der Waals surface area contributed by atoms with Crippen LogP contribution in [-0.4, -0.2) is 53.0 Å². The first kappa shape index (κ1) is 20.1. The number of amides is 2. The summed E-state index contributed by atoms with van der Waals surface area (Å²) in [5.41, 5.74) is 7.67. The van der Waals surface area contributed by atoms with Crippen LogP contribution >= 0.6 is 12.4 Å². The molecule has 26 heavy (non-hydrogen) atoms. The minimum atomic E-state index is -0.203. The van der Waals surface area contributed by atoms with Gasteiger partial charge < -0.3 is 20.5 Å². The third-order valence-electron chi connectivity index (χ3n) is 4.50. The predicted octanol–water partition coefficient (Wildman–Crippen LogP) is 1.19. The average Bonchev–Trinajstić information content (AvgIpc) is 2.99. The zero-order chi connectivity index (χ0) is 18.0. The number of fused-ring (bicyclic) bond motifs is 1. The van der Waals surface area contributed by atoms with E-state index in [0.717, 1.165) is 12.8 Å². The molecule has 9 heteroatoms. The molecule has 1 aliphatic rings. The van der Waals surface area contributed by atoms with E-state index in [1.165, 1.54) is 0 Å². The molecular weight excluding hydrogens is 358 g/mol. The summed E-state index contributed by atoms with van der Waals surface area (Å²) in [7, 11) is 0. The van der Waals surface area contributed by atoms with Crippen LogP contribution in [0.5, 0.6) is 0 Å². The number of piperidine rings is 1. The van der Waals surface area contributed by atoms with Gasteiger partial charge in [-0.2, -0.15) is 0 Å². The summed E-state index contributed by atoms with van der Waals surface area (Å²) in [6.45, 7) is 5.50. The lowest BCUT2D eigenvalue weighted by Crippen LogP contribution is -2.46. The molecule has 1 aliphatic heterocycles. The Balaban J connectivity index is 0.00000243. The van der Waals surface area contributed by atoms with Crippen molar-refractivity contribution in [3.05, 3.63) is 23.0 Å². The fourth-order valence-corrected chi connectivity index (χ4v) is 3.27. The van der Waals surface area contributed by atoms with Gasteiger partial charge in [0.15, 0.2) is 0 Å². The number of nitrogens with two attached hydrogens (primary N) is 1. The van der Waals surface area contributed by atoms with Crippen molar-refractivity contribution in [1.82, 2.24) is 20.4 Å². The SMILES string of the molecule is Cc1cc(C(=O)N2CCCC(C(=O)NCCN)C2)c2c(C)noc2n1.Cl. The van der Waals surface area contributed by atoms with Crippen LogP contribution in [0.3, 0.4) is 0 Å². The molecule has 1 unspecified atom stereocenters. The zero-order valence-electron chi connectivity index (χ0n) is 14.9. The highest BCUT2D eigenvalue weighted by Crippen LogP contribution is 2.25. The average molecular weight is 382 g/mol. The summed E-state index contributed by atoms with van der Waals surface area (Å²) < 4.78 is 5.20. The molecule has 2 amide bonds. The zero-order valence-corrected chi connectivity index (χ0v) is 15.8. The highest BCUT2D eigenvalue weighted by molar-refractivity contribution is 6.06. The molecule has 0 saturated carbocycles. The number of aromatic nitrogens is 2. The second-order valence-electron chi connectivity index (χ2n) is 6.43. The molecule has 0 radical (unpaired) electrons. The number of hydrogen-bond acceptors (Lipinski definition) is 6. The standard InChI is InChI=1S/C17H23N5O3.ClH/c1-10-8-13(14-11(2)21-25-16(14)20-10)17(24)22-7-3-4-12(9-22)15(23)19-6-5-18;/h8,12H,3-7,9,18H2,1-2H3,(H,19,23);1H. The maximum Gasteiger partial charge on any atom is 0.258 e. The highest BCUT2D eigenvalue weighted by Gasteiger charge is 2.30. The van der Waals surface area contributed by atoms with Gasteiger partial charge in [0.2, 0.25) is 5.91 Å². The smallest absolute Gasteiger partial charge is 0.258 e. The summed E-state index contributed by atoms with van der Waals surface area (Å²) in [6.07, 6.45) is 1.57. The van der Waals surface area contributed by atoms with E-state index in [2.05, 4.69) is 15.5 Å². The van der Waals surface area contributed by atoms with Gasteiger partial charge in [0, 0.05) is 31.9 Å². The highest BCUT2D eigenvalue weighted by atomic mass is 35.5. The third kappa shape index (κ3) is 3.96. The summed E-state index contributed by atoms with van der Waals surface area (Å²) in [6, 6.07) is 1.76. The van der Waals surface area contributed by atoms with E-state index in [4.69, 9.17) is 10.3 Å². The lowest BCUT2D eigenvalue weighted by molar-refractivity contribution is -0.126. The summed E-state index contributed by atoms with van der Waals surface area (Å²) in [5.74, 6) is -0.357. The van der Waals surface area contributed by atoms with Crippen molar-refractivity contribution < 1.29 is 14.1 Å². The van der Waals surface area contributed by atoms with Gasteiger partial charge in [-0.1, -0.05) is 5.16 Å². The number of likely N-dealkylation sites (tertiary alicyclic amines) is 1. The van der Waals surface area contributed by atoms with E-state index in [9.17, 15) is 9.59 Å². The Morgan fingerprint density at radius 2 is 2.19 bits per heavy atom. The largest absolute Gasteiger partial charge is 0.355 e. The fourth-order valence-electron chi connectivity index (χ4n) is 3.27. The van der Waals surface area contributed by atoms with Crippen molar-refractivity contribution in [2.75, 3.05) is 26.2 Å². The fraction of sp³-hybridized carbons (Fsp3) is 0.529. The Morgan fingerprint density at radius 3 is 2.92 bits per heavy atom. The molecule has 1 fully saturated rings. The Bertz CT molecular complexity index is 807. The number of pyridine rings is 1. The Labute approximate surface area is 157 Å². The van der Waals surface area contributed by atoms with Crippen molar-refractivity contribution in [2.45, 2.75) is 26.7 Å². The minimum absolute atomic E-state index is 0. The van der Waals surface area contributed by atoms with E-state index < -0.39 is 0 Å². The molecule has 3 rings (SSSR count). The predicted molar refractivity (Wildman–Crippen MR) is 99.2 cm³/mol. The van der Waals surface area contributed by atoms with Gasteiger partial charge >= 0.3 is 0 Å². The van der Waals surface area contributed by atoms with Gasteiger partial charge in [-0.05, 0) is 32.8 Å². The van der Waals surface area contributed by atoms with Gasteiger partial charge in [0.05, 0.1) is 22.6 Å². The van der Waals surface area contributed by atoms with Crippen LogP contribution in [-0.2, 0) is 4.79 Å². The van der Waals surface area contributed by atoms with Crippen molar-refractivity contribution in [1.29, 1.82) is 0 Å². The molecule has 3 N–H and O–H groups in total. The van der Waals surface area contributed by atoms with Crippen LogP contribution in [0.4, 0.5) is 0 Å². The molecule has 3 heterocycles. The lowest BCUT2D eigenvalue weighted by atomic mass is 9.96. The Hall–Kier alpha value is -2.19. The molecule has 0 bridgehead atoms. The monoisotopic (exact) mass is 381 g/mol. The molecule has 0 aromatic carbocycles. The van der Waals surface area contributed by atoms with E-state index in [0.29, 0.717) is 54.2 Å². The van der Waals surface area contributed by atoms with Crippen molar-refractivity contribution in [3.8, 4) is 0 Å². The number of nitrogens with zero attached hydrogens (tertiary/aromatic N) is 3. The van der Waals surface area contributed by atoms with Gasteiger partial charge in [-0.15, -0.1) is 12.4 Å². The molecular formula is C17H24ClN5O3. The summed E-state index contributed by atoms with van der Waals surface area (Å²) in [4.78, 5) is 31.3. The van der Waals surface area contributed by atoms with E-state index in [1.807, 2.05) is 6.92 Å². The summed E-state index contributed by atoms with van der Waals surface area (Å²) >= 11 is 0. The molecule has 0 aliphatic carbocycles. The number of halogens is 1. The number of carbonyl (C=O) groups is 2. The van der Waals surface area contributed by atoms with E-state index >= 15 is 0 Å². The number of carbonyl (C=O) groups excluding carboxylic acids is 2. The summed E-state index contributed by atoms with van der Waals surface area (Å²) in [5, 5.41) is 7.37. The lowest BCUT2D eigenvalue weighted by Gasteiger charge is -2.32. The Kier molecular flexibility index (Phi) is 6.55. The molecule has 0 spiro atoms. The number of nitrogens with one attached hydrogen (secondary N) is 1. The first-order valence-electron chi connectivity index (χ1n) is 8.52. The van der Waals surface area contributed by atoms with Crippen LogP contribution in [0.2, 0.25) is 0 Å². The van der Waals surface area contributed by atoms with E-state index in [1.54, 1.807) is 17.9 Å². The van der Waals surface area contributed by atoms with E-state index in [-0.39, 0.29) is 30.1 Å². The van der Waals surface area contributed by atoms with Crippen molar-refractivity contribution in [3.63, 3.8) is 0 Å². The topological polar surface area (TPSA) is 114 Å². The third-order valence-corrected chi connectivity index (χ3v) is 4.50. The van der Waals surface area contributed by atoms with Gasteiger partial charge in [0.25, 0.3) is 11.6 Å². The maximum absolute atomic E-state index is 13.1. The molecule has 142 valence electrons. The number of rotatable bonds is 4. The minimum Gasteiger partial charge on any atom is -0.355 e. The number of hydrogen-bond donors (Lipinski definition) is 2. The van der Waals surface area contributed by atoms with Gasteiger partial charge in [0.1, 0.15) is 0 Å². The van der Waals surface area contributed by atoms with Crippen LogP contribution < -0.4 is 11.1 Å². The normalized spacial score (nSPS) is 17.0. The quantitative estimate of drug-likeness (QED) is 0.822. The molecule has 2 aromatic rings. The van der Waals surface area contributed by atoms with Crippen LogP contribution in [0.15, 0.2) is 10.6 Å². The molecule has 2 aromatic heterocycles. The number of aryl methyl sites for hydroxylation is 2. The van der Waals surface area contributed by atoms with Crippen LogP contribution in [0.1, 0.15) is 34.6 Å². The van der Waals surface area contributed by atoms with Crippen LogP contribution in [0.25, 0.3) is 11.1 Å². The maximum atomic E-state index is 13.1. The van der Waals surface area contributed by atoms with Crippen molar-refractivity contribution >= 4 is 35.3 Å². The Morgan fingerprint density at radius 1 is 1.42 bits per heavy atom. The second-order valence-corrected chi connectivity index (χ2v) is 6.43. The van der Waals surface area contributed by atoms with Gasteiger partial charge in [-0.25, -0.2) is 4.98 Å². The molecule has 8 nitrogen and oxygen atoms in total.